The van der Waals surface area contributed by atoms with Gasteiger partial charge in [-0.1, -0.05) is 289 Å². The minimum absolute atomic E-state index is 0.00855. The molecule has 6 nitrogen and oxygen atoms in total. The molecule has 0 bridgehead atoms. The minimum Gasteiger partial charge on any atom is -0.466 e. The average Bonchev–Trinajstić information content (AvgIpc) is 3.37. The molecule has 6 heteroatoms. The highest BCUT2D eigenvalue weighted by atomic mass is 16.5. The van der Waals surface area contributed by atoms with Crippen molar-refractivity contribution in [3.05, 3.63) is 24.3 Å². The summed E-state index contributed by atoms with van der Waals surface area (Å²) in [6, 6.07) is -0.537. The van der Waals surface area contributed by atoms with E-state index in [1.165, 1.54) is 276 Å². The van der Waals surface area contributed by atoms with Crippen LogP contribution in [0.4, 0.5) is 0 Å². The summed E-state index contributed by atoms with van der Waals surface area (Å²) in [7, 11) is 0. The molecule has 0 saturated heterocycles. The lowest BCUT2D eigenvalue weighted by atomic mass is 10.0. The smallest absolute Gasteiger partial charge is 0.305 e. The minimum atomic E-state index is -0.660. The fourth-order valence-electron chi connectivity index (χ4n) is 10.0. The van der Waals surface area contributed by atoms with Crippen LogP contribution >= 0.6 is 0 Å². The number of aliphatic hydroxyl groups excluding tert-OH is 2. The summed E-state index contributed by atoms with van der Waals surface area (Å²) in [6.07, 6.45) is 75.0. The third-order valence-corrected chi connectivity index (χ3v) is 15.0. The maximum Gasteiger partial charge on any atom is 0.305 e. The van der Waals surface area contributed by atoms with Gasteiger partial charge >= 0.3 is 5.97 Å². The average molecular weight is 1000 g/mol. The van der Waals surface area contributed by atoms with Gasteiger partial charge in [0.1, 0.15) is 0 Å². The fraction of sp³-hybridized carbons (Fsp3) is 0.908. The van der Waals surface area contributed by atoms with Crippen molar-refractivity contribution in [2.24, 2.45) is 0 Å². The number of carbonyl (C=O) groups excluding carboxylic acids is 2. The molecule has 0 rings (SSSR count). The van der Waals surface area contributed by atoms with E-state index in [0.717, 1.165) is 44.9 Å². The SMILES string of the molecule is CCCCCC/C=C\CCCCCCCC(=O)OCCCCCCCCCCCCCC/C=C\CCCCCCCCCCCCCCCCCC(=O)NC(CO)C(O)CCCCCCCCCCCC. The van der Waals surface area contributed by atoms with Crippen molar-refractivity contribution in [2.75, 3.05) is 13.2 Å². The van der Waals surface area contributed by atoms with Gasteiger partial charge in [-0.25, -0.2) is 0 Å². The third kappa shape index (κ3) is 57.5. The molecule has 0 saturated carbocycles. The van der Waals surface area contributed by atoms with Crippen LogP contribution in [0.2, 0.25) is 0 Å². The molecule has 0 fully saturated rings. The number of hydrogen-bond acceptors (Lipinski definition) is 5. The highest BCUT2D eigenvalue weighted by molar-refractivity contribution is 5.76. The Hall–Kier alpha value is -1.66. The first-order valence-electron chi connectivity index (χ1n) is 32.1. The topological polar surface area (TPSA) is 95.9 Å². The van der Waals surface area contributed by atoms with Gasteiger partial charge in [0.25, 0.3) is 0 Å². The van der Waals surface area contributed by atoms with Crippen molar-refractivity contribution in [2.45, 2.75) is 366 Å². The number of ether oxygens (including phenoxy) is 1. The second kappa shape index (κ2) is 60.9. The van der Waals surface area contributed by atoms with Gasteiger partial charge in [0.05, 0.1) is 25.4 Å². The Morgan fingerprint density at radius 3 is 1.01 bits per heavy atom. The number of amides is 1. The van der Waals surface area contributed by atoms with E-state index >= 15 is 0 Å². The van der Waals surface area contributed by atoms with Crippen LogP contribution in [-0.2, 0) is 14.3 Å². The Morgan fingerprint density at radius 2 is 0.662 bits per heavy atom. The second-order valence-corrected chi connectivity index (χ2v) is 22.1. The van der Waals surface area contributed by atoms with Crippen molar-refractivity contribution >= 4 is 11.9 Å². The molecule has 2 atom stereocenters. The zero-order valence-electron chi connectivity index (χ0n) is 48.0. The second-order valence-electron chi connectivity index (χ2n) is 22.1. The predicted molar refractivity (Wildman–Crippen MR) is 310 cm³/mol. The van der Waals surface area contributed by atoms with Gasteiger partial charge in [-0.05, 0) is 77.0 Å². The normalized spacial score (nSPS) is 12.7. The van der Waals surface area contributed by atoms with Gasteiger partial charge in [-0.3, -0.25) is 9.59 Å². The quantitative estimate of drug-likeness (QED) is 0.0320. The van der Waals surface area contributed by atoms with Crippen LogP contribution in [0, 0.1) is 0 Å². The van der Waals surface area contributed by atoms with E-state index < -0.39 is 12.1 Å². The van der Waals surface area contributed by atoms with E-state index in [4.69, 9.17) is 4.74 Å². The highest BCUT2D eigenvalue weighted by Crippen LogP contribution is 2.18. The molecule has 0 aromatic carbocycles. The molecule has 3 N–H and O–H groups in total. The summed E-state index contributed by atoms with van der Waals surface area (Å²) in [5, 5.41) is 23.2. The summed E-state index contributed by atoms with van der Waals surface area (Å²) < 4.78 is 5.48. The molecule has 0 radical (unpaired) electrons. The van der Waals surface area contributed by atoms with Crippen LogP contribution in [0.3, 0.4) is 0 Å². The lowest BCUT2D eigenvalue weighted by molar-refractivity contribution is -0.143. The maximum absolute atomic E-state index is 12.4. The molecular formula is C65H125NO5. The first kappa shape index (κ1) is 69.3. The molecule has 0 aromatic heterocycles. The molecule has 420 valence electrons. The monoisotopic (exact) mass is 1000 g/mol. The van der Waals surface area contributed by atoms with Crippen LogP contribution in [0.15, 0.2) is 24.3 Å². The van der Waals surface area contributed by atoms with Gasteiger partial charge < -0.3 is 20.3 Å². The zero-order chi connectivity index (χ0) is 51.4. The molecule has 0 heterocycles. The largest absolute Gasteiger partial charge is 0.466 e. The van der Waals surface area contributed by atoms with Crippen molar-refractivity contribution in [3.63, 3.8) is 0 Å². The number of hydrogen-bond donors (Lipinski definition) is 3. The number of allylic oxidation sites excluding steroid dienone is 4. The van der Waals surface area contributed by atoms with Crippen LogP contribution < -0.4 is 5.32 Å². The molecule has 0 aliphatic rings. The molecule has 0 aliphatic heterocycles. The number of carbonyl (C=O) groups is 2. The van der Waals surface area contributed by atoms with E-state index in [1.54, 1.807) is 0 Å². The lowest BCUT2D eigenvalue weighted by Crippen LogP contribution is -2.45. The molecule has 71 heavy (non-hydrogen) atoms. The van der Waals surface area contributed by atoms with Crippen molar-refractivity contribution in [1.82, 2.24) is 5.32 Å². The molecule has 0 aliphatic carbocycles. The van der Waals surface area contributed by atoms with Crippen LogP contribution in [0.5, 0.6) is 0 Å². The Kier molecular flexibility index (Phi) is 59.5. The van der Waals surface area contributed by atoms with Gasteiger partial charge in [0, 0.05) is 12.8 Å². The Bertz CT molecular complexity index is 1110. The lowest BCUT2D eigenvalue weighted by Gasteiger charge is -2.22. The molecule has 2 unspecified atom stereocenters. The van der Waals surface area contributed by atoms with Crippen LogP contribution in [-0.4, -0.2) is 47.4 Å². The van der Waals surface area contributed by atoms with Crippen molar-refractivity contribution in [3.8, 4) is 0 Å². The van der Waals surface area contributed by atoms with Crippen molar-refractivity contribution < 1.29 is 24.5 Å². The Labute approximate surface area is 443 Å². The standard InChI is InChI=1S/C65H125NO5/c1-3-5-7-9-11-13-15-35-39-43-47-51-55-59-65(70)71-60-56-52-48-44-40-37-34-32-30-28-26-24-22-20-18-16-17-19-21-23-25-27-29-31-33-36-38-42-46-50-54-58-64(69)66-62(61-67)63(68)57-53-49-45-41-14-12-10-8-6-4-2/h13,15,18,20,62-63,67-68H,3-12,14,16-17,19,21-61H2,1-2H3,(H,66,69)/b15-13-,20-18-. The Balaban J connectivity index is 3.33. The van der Waals surface area contributed by atoms with E-state index in [-0.39, 0.29) is 18.5 Å². The van der Waals surface area contributed by atoms with E-state index in [9.17, 15) is 19.8 Å². The zero-order valence-corrected chi connectivity index (χ0v) is 48.0. The predicted octanol–water partition coefficient (Wildman–Crippen LogP) is 20.2. The third-order valence-electron chi connectivity index (χ3n) is 15.0. The number of aliphatic hydroxyl groups is 2. The van der Waals surface area contributed by atoms with Crippen molar-refractivity contribution in [1.29, 1.82) is 0 Å². The first-order valence-corrected chi connectivity index (χ1v) is 32.1. The molecule has 0 spiro atoms. The number of unbranched alkanes of at least 4 members (excludes halogenated alkanes) is 45. The maximum atomic E-state index is 12.4. The van der Waals surface area contributed by atoms with Gasteiger partial charge in [-0.15, -0.1) is 0 Å². The summed E-state index contributed by atoms with van der Waals surface area (Å²) >= 11 is 0. The summed E-state index contributed by atoms with van der Waals surface area (Å²) in [5.41, 5.74) is 0. The van der Waals surface area contributed by atoms with E-state index in [2.05, 4.69) is 43.5 Å². The van der Waals surface area contributed by atoms with Gasteiger partial charge in [0.15, 0.2) is 0 Å². The summed E-state index contributed by atoms with van der Waals surface area (Å²) in [4.78, 5) is 24.5. The fourth-order valence-corrected chi connectivity index (χ4v) is 10.0. The molecule has 1 amide bonds. The number of rotatable bonds is 60. The summed E-state index contributed by atoms with van der Waals surface area (Å²) in [5.74, 6) is -0.0247. The van der Waals surface area contributed by atoms with Gasteiger partial charge in [0.2, 0.25) is 5.91 Å². The molecule has 0 aromatic rings. The Morgan fingerprint density at radius 1 is 0.380 bits per heavy atom. The van der Waals surface area contributed by atoms with E-state index in [1.807, 2.05) is 0 Å². The number of esters is 1. The summed E-state index contributed by atoms with van der Waals surface area (Å²) in [6.45, 7) is 4.94. The van der Waals surface area contributed by atoms with Crippen LogP contribution in [0.1, 0.15) is 354 Å². The first-order chi connectivity index (χ1) is 35.0. The highest BCUT2D eigenvalue weighted by Gasteiger charge is 2.20. The van der Waals surface area contributed by atoms with Gasteiger partial charge in [-0.2, -0.15) is 0 Å². The molecular weight excluding hydrogens is 875 g/mol. The van der Waals surface area contributed by atoms with Crippen LogP contribution in [0.25, 0.3) is 0 Å². The number of nitrogens with one attached hydrogen (secondary N) is 1. The van der Waals surface area contributed by atoms with E-state index in [0.29, 0.717) is 25.9 Å².